The first kappa shape index (κ1) is 14.2. The number of ether oxygens (including phenoxy) is 1. The molecule has 4 rings (SSSR count). The minimum absolute atomic E-state index is 0.291. The lowest BCUT2D eigenvalue weighted by Gasteiger charge is -2.32. The van der Waals surface area contributed by atoms with Crippen LogP contribution in [0.2, 0.25) is 0 Å². The van der Waals surface area contributed by atoms with E-state index in [2.05, 4.69) is 38.1 Å². The van der Waals surface area contributed by atoms with E-state index in [1.807, 2.05) is 24.7 Å². The molecule has 1 aliphatic heterocycles. The number of fused-ring (bicyclic) bond motifs is 1. The molecule has 3 heterocycles. The lowest BCUT2D eigenvalue weighted by atomic mass is 10.1. The number of H-pyrrole nitrogens is 1. The van der Waals surface area contributed by atoms with Gasteiger partial charge in [-0.05, 0) is 31.0 Å². The number of rotatable bonds is 4. The van der Waals surface area contributed by atoms with Crippen molar-refractivity contribution in [1.29, 1.82) is 0 Å². The fourth-order valence-corrected chi connectivity index (χ4v) is 3.19. The summed E-state index contributed by atoms with van der Waals surface area (Å²) >= 11 is 0. The van der Waals surface area contributed by atoms with Gasteiger partial charge in [0.1, 0.15) is 18.2 Å². The predicted octanol–water partition coefficient (Wildman–Crippen LogP) is 3.00. The van der Waals surface area contributed by atoms with Gasteiger partial charge in [-0.3, -0.25) is 4.90 Å². The number of aromatic amines is 1. The third-order valence-electron chi connectivity index (χ3n) is 4.40. The van der Waals surface area contributed by atoms with Crippen LogP contribution in [0, 0.1) is 0 Å². The van der Waals surface area contributed by atoms with Crippen LogP contribution in [0.3, 0.4) is 0 Å². The number of nitrogens with zero attached hydrogens (tertiary/aromatic N) is 3. The Morgan fingerprint density at radius 3 is 2.78 bits per heavy atom. The molecule has 1 aliphatic rings. The van der Waals surface area contributed by atoms with Crippen molar-refractivity contribution in [1.82, 2.24) is 19.9 Å². The number of piperidine rings is 1. The first-order valence-corrected chi connectivity index (χ1v) is 8.07. The predicted molar refractivity (Wildman–Crippen MR) is 89.3 cm³/mol. The number of benzene rings is 1. The zero-order chi connectivity index (χ0) is 15.5. The molecule has 23 heavy (non-hydrogen) atoms. The first-order valence-electron chi connectivity index (χ1n) is 8.07. The second-order valence-electron chi connectivity index (χ2n) is 6.04. The van der Waals surface area contributed by atoms with Gasteiger partial charge >= 0.3 is 0 Å². The van der Waals surface area contributed by atoms with E-state index in [9.17, 15) is 0 Å². The molecule has 118 valence electrons. The Morgan fingerprint density at radius 1 is 1.13 bits per heavy atom. The Hall–Kier alpha value is -2.40. The van der Waals surface area contributed by atoms with E-state index in [1.165, 1.54) is 5.56 Å². The summed E-state index contributed by atoms with van der Waals surface area (Å²) < 4.78 is 6.25. The van der Waals surface area contributed by atoms with Crippen LogP contribution in [-0.4, -0.2) is 39.0 Å². The van der Waals surface area contributed by atoms with E-state index in [4.69, 9.17) is 4.74 Å². The summed E-state index contributed by atoms with van der Waals surface area (Å²) in [7, 11) is 0. The Labute approximate surface area is 135 Å². The minimum Gasteiger partial charge on any atom is -0.490 e. The fourth-order valence-electron chi connectivity index (χ4n) is 3.19. The molecule has 5 nitrogen and oxygen atoms in total. The maximum absolute atomic E-state index is 6.25. The first-order chi connectivity index (χ1) is 11.4. The molecule has 1 saturated heterocycles. The number of likely N-dealkylation sites (tertiary alicyclic amines) is 1. The van der Waals surface area contributed by atoms with Crippen LogP contribution < -0.4 is 4.74 Å². The van der Waals surface area contributed by atoms with Gasteiger partial charge in [-0.1, -0.05) is 6.07 Å². The number of hydrogen-bond acceptors (Lipinski definition) is 4. The second kappa shape index (κ2) is 6.38. The quantitative estimate of drug-likeness (QED) is 0.805. The third-order valence-corrected chi connectivity index (χ3v) is 4.40. The minimum atomic E-state index is 0.291. The largest absolute Gasteiger partial charge is 0.490 e. The topological polar surface area (TPSA) is 54.0 Å². The summed E-state index contributed by atoms with van der Waals surface area (Å²) in [6.45, 7) is 3.01. The van der Waals surface area contributed by atoms with E-state index in [1.54, 1.807) is 6.33 Å². The summed E-state index contributed by atoms with van der Waals surface area (Å²) in [5, 5.41) is 1.16. The van der Waals surface area contributed by atoms with Crippen LogP contribution in [0.1, 0.15) is 18.4 Å². The summed E-state index contributed by atoms with van der Waals surface area (Å²) in [5.41, 5.74) is 2.30. The van der Waals surface area contributed by atoms with Crippen molar-refractivity contribution in [2.45, 2.75) is 25.5 Å². The molecule has 0 saturated carbocycles. The molecule has 0 amide bonds. The van der Waals surface area contributed by atoms with Crippen molar-refractivity contribution in [3.05, 3.63) is 54.7 Å². The molecule has 3 aromatic rings. The summed E-state index contributed by atoms with van der Waals surface area (Å²) in [6, 6.07) is 8.25. The van der Waals surface area contributed by atoms with E-state index < -0.39 is 0 Å². The van der Waals surface area contributed by atoms with Gasteiger partial charge in [-0.2, -0.15) is 0 Å². The third kappa shape index (κ3) is 3.19. The van der Waals surface area contributed by atoms with Gasteiger partial charge in [0.2, 0.25) is 0 Å². The van der Waals surface area contributed by atoms with Crippen LogP contribution in [0.4, 0.5) is 0 Å². The fraction of sp³-hybridized carbons (Fsp3) is 0.333. The summed E-state index contributed by atoms with van der Waals surface area (Å²) in [6.07, 6.45) is 9.71. The highest BCUT2D eigenvalue weighted by Crippen LogP contribution is 2.27. The van der Waals surface area contributed by atoms with Gasteiger partial charge in [0.15, 0.2) is 0 Å². The average Bonchev–Trinajstić information content (AvgIpc) is 3.07. The van der Waals surface area contributed by atoms with Crippen LogP contribution in [0.25, 0.3) is 10.9 Å². The molecule has 0 bridgehead atoms. The molecule has 1 fully saturated rings. The molecule has 0 spiro atoms. The van der Waals surface area contributed by atoms with Gasteiger partial charge in [-0.25, -0.2) is 9.97 Å². The van der Waals surface area contributed by atoms with Crippen LogP contribution in [0.5, 0.6) is 5.75 Å². The second-order valence-corrected chi connectivity index (χ2v) is 6.04. The van der Waals surface area contributed by atoms with Gasteiger partial charge in [0.25, 0.3) is 0 Å². The molecule has 1 aromatic carbocycles. The number of hydrogen-bond donors (Lipinski definition) is 1. The highest BCUT2D eigenvalue weighted by atomic mass is 16.5. The molecule has 0 aliphatic carbocycles. The zero-order valence-corrected chi connectivity index (χ0v) is 13.0. The standard InChI is InChI=1S/C18H20N4O/c1-2-17-16(4-7-21-17)18(3-1)23-15-5-8-22(9-6-15)12-14-10-19-13-20-11-14/h1-4,7,10-11,13,15,21H,5-6,8-9,12H2. The van der Waals surface area contributed by atoms with E-state index in [0.29, 0.717) is 6.10 Å². The van der Waals surface area contributed by atoms with Crippen molar-refractivity contribution >= 4 is 10.9 Å². The molecule has 0 atom stereocenters. The zero-order valence-electron chi connectivity index (χ0n) is 13.0. The van der Waals surface area contributed by atoms with Gasteiger partial charge < -0.3 is 9.72 Å². The molecular weight excluding hydrogens is 288 g/mol. The Balaban J connectivity index is 1.36. The Kier molecular flexibility index (Phi) is 3.94. The molecule has 0 radical (unpaired) electrons. The maximum Gasteiger partial charge on any atom is 0.129 e. The number of aromatic nitrogens is 3. The van der Waals surface area contributed by atoms with Crippen LogP contribution >= 0.6 is 0 Å². The van der Waals surface area contributed by atoms with E-state index in [0.717, 1.165) is 49.1 Å². The normalized spacial score (nSPS) is 16.7. The monoisotopic (exact) mass is 308 g/mol. The van der Waals surface area contributed by atoms with Gasteiger partial charge in [0.05, 0.1) is 0 Å². The van der Waals surface area contributed by atoms with Gasteiger partial charge in [0, 0.05) is 54.7 Å². The van der Waals surface area contributed by atoms with Crippen molar-refractivity contribution in [3.63, 3.8) is 0 Å². The number of nitrogens with one attached hydrogen (secondary N) is 1. The van der Waals surface area contributed by atoms with Crippen LogP contribution in [-0.2, 0) is 6.54 Å². The van der Waals surface area contributed by atoms with Gasteiger partial charge in [-0.15, -0.1) is 0 Å². The molecule has 0 unspecified atom stereocenters. The average molecular weight is 308 g/mol. The highest BCUT2D eigenvalue weighted by molar-refractivity contribution is 5.85. The Morgan fingerprint density at radius 2 is 1.96 bits per heavy atom. The maximum atomic E-state index is 6.25. The van der Waals surface area contributed by atoms with Crippen molar-refractivity contribution < 1.29 is 4.74 Å². The summed E-state index contributed by atoms with van der Waals surface area (Å²) in [5.74, 6) is 0.985. The van der Waals surface area contributed by atoms with Crippen molar-refractivity contribution in [3.8, 4) is 5.75 Å². The van der Waals surface area contributed by atoms with E-state index in [-0.39, 0.29) is 0 Å². The SMILES string of the molecule is c1cc(OC2CCN(Cc3cncnc3)CC2)c2cc[nH]c2c1. The van der Waals surface area contributed by atoms with Crippen LogP contribution in [0.15, 0.2) is 49.2 Å². The Bertz CT molecular complexity index is 763. The lowest BCUT2D eigenvalue weighted by Crippen LogP contribution is -2.37. The molecule has 1 N–H and O–H groups in total. The lowest BCUT2D eigenvalue weighted by molar-refractivity contribution is 0.0979. The molecular formula is C18H20N4O. The summed E-state index contributed by atoms with van der Waals surface area (Å²) in [4.78, 5) is 13.8. The van der Waals surface area contributed by atoms with E-state index >= 15 is 0 Å². The molecule has 2 aromatic heterocycles. The highest BCUT2D eigenvalue weighted by Gasteiger charge is 2.21. The van der Waals surface area contributed by atoms with Crippen molar-refractivity contribution in [2.24, 2.45) is 0 Å². The van der Waals surface area contributed by atoms with Crippen molar-refractivity contribution in [2.75, 3.05) is 13.1 Å². The smallest absolute Gasteiger partial charge is 0.129 e. The molecule has 5 heteroatoms.